The molecular weight excluding hydrogens is 497 g/mol. The van der Waals surface area contributed by atoms with Crippen LogP contribution in [-0.4, -0.2) is 29.2 Å². The van der Waals surface area contributed by atoms with E-state index in [4.69, 9.17) is 16.1 Å². The fourth-order valence-corrected chi connectivity index (χ4v) is 3.12. The minimum atomic E-state index is 0. The second kappa shape index (κ2) is 11.3. The first kappa shape index (κ1) is 21.6. The summed E-state index contributed by atoms with van der Waals surface area (Å²) in [6, 6.07) is 11.5. The molecule has 2 aromatic heterocycles. The number of hydrogen-bond donors (Lipinski definition) is 2. The van der Waals surface area contributed by atoms with Gasteiger partial charge in [0.1, 0.15) is 6.54 Å². The maximum Gasteiger partial charge on any atom is 0.248 e. The predicted octanol–water partition coefficient (Wildman–Crippen LogP) is 4.37. The molecule has 0 fully saturated rings. The van der Waals surface area contributed by atoms with Crippen molar-refractivity contribution in [2.45, 2.75) is 19.9 Å². The molecule has 27 heavy (non-hydrogen) atoms. The number of nitrogens with one attached hydrogen (secondary N) is 2. The van der Waals surface area contributed by atoms with Crippen molar-refractivity contribution in [1.82, 2.24) is 20.8 Å². The highest BCUT2D eigenvalue weighted by molar-refractivity contribution is 14.0. The van der Waals surface area contributed by atoms with Crippen LogP contribution in [0.25, 0.3) is 11.4 Å². The Hall–Kier alpha value is -1.65. The number of benzene rings is 1. The number of nitrogens with zero attached hydrogens (tertiary/aromatic N) is 3. The molecule has 0 bridgehead atoms. The van der Waals surface area contributed by atoms with Crippen LogP contribution in [0.1, 0.15) is 17.7 Å². The number of rotatable bonds is 7. The normalized spacial score (nSPS) is 11.1. The summed E-state index contributed by atoms with van der Waals surface area (Å²) in [6.07, 6.45) is 0.962. The second-order valence-corrected chi connectivity index (χ2v) is 6.94. The van der Waals surface area contributed by atoms with Crippen LogP contribution in [0, 0.1) is 0 Å². The van der Waals surface area contributed by atoms with E-state index in [-0.39, 0.29) is 24.0 Å². The highest BCUT2D eigenvalue weighted by Crippen LogP contribution is 2.18. The summed E-state index contributed by atoms with van der Waals surface area (Å²) >= 11 is 7.66. The third-order valence-corrected chi connectivity index (χ3v) is 4.72. The molecule has 0 atom stereocenters. The Kier molecular flexibility index (Phi) is 9.02. The molecule has 0 saturated carbocycles. The number of halogens is 2. The molecular formula is C18H21ClIN5OS. The maximum absolute atomic E-state index is 5.90. The largest absolute Gasteiger partial charge is 0.357 e. The topological polar surface area (TPSA) is 75.3 Å². The van der Waals surface area contributed by atoms with E-state index in [9.17, 15) is 0 Å². The number of hydrogen-bond acceptors (Lipinski definition) is 5. The molecule has 0 saturated heterocycles. The number of aromatic nitrogens is 2. The number of thiophene rings is 1. The first-order valence-corrected chi connectivity index (χ1v) is 9.63. The van der Waals surface area contributed by atoms with Gasteiger partial charge in [0.05, 0.1) is 0 Å². The molecule has 3 aromatic rings. The Bertz CT molecular complexity index is 836. The lowest BCUT2D eigenvalue weighted by atomic mass is 10.2. The van der Waals surface area contributed by atoms with Crippen LogP contribution in [0.15, 0.2) is 51.3 Å². The molecule has 3 rings (SSSR count). The van der Waals surface area contributed by atoms with Gasteiger partial charge >= 0.3 is 0 Å². The van der Waals surface area contributed by atoms with Crippen LogP contribution < -0.4 is 10.6 Å². The van der Waals surface area contributed by atoms with E-state index in [1.807, 2.05) is 19.1 Å². The Balaban J connectivity index is 0.00000261. The average molecular weight is 518 g/mol. The van der Waals surface area contributed by atoms with E-state index in [1.54, 1.807) is 23.5 Å². The Morgan fingerprint density at radius 3 is 2.74 bits per heavy atom. The smallest absolute Gasteiger partial charge is 0.248 e. The SMILES string of the molecule is CCNC(=NCc1nc(-c2ccc(Cl)cc2)no1)NCCc1cccs1.I. The third-order valence-electron chi connectivity index (χ3n) is 3.53. The molecule has 0 amide bonds. The van der Waals surface area contributed by atoms with Gasteiger partial charge in [0.15, 0.2) is 5.96 Å². The van der Waals surface area contributed by atoms with Gasteiger partial charge in [-0.2, -0.15) is 4.98 Å². The second-order valence-electron chi connectivity index (χ2n) is 5.47. The molecule has 0 aliphatic heterocycles. The van der Waals surface area contributed by atoms with Gasteiger partial charge in [-0.1, -0.05) is 22.8 Å². The van der Waals surface area contributed by atoms with Crippen molar-refractivity contribution in [3.05, 3.63) is 57.6 Å². The molecule has 144 valence electrons. The zero-order valence-electron chi connectivity index (χ0n) is 14.8. The summed E-state index contributed by atoms with van der Waals surface area (Å²) in [5, 5.41) is 13.3. The highest BCUT2D eigenvalue weighted by Gasteiger charge is 2.08. The summed E-state index contributed by atoms with van der Waals surface area (Å²) in [6.45, 7) is 3.94. The Morgan fingerprint density at radius 2 is 2.04 bits per heavy atom. The van der Waals surface area contributed by atoms with Crippen molar-refractivity contribution < 1.29 is 4.52 Å². The molecule has 0 unspecified atom stereocenters. The molecule has 9 heteroatoms. The fourth-order valence-electron chi connectivity index (χ4n) is 2.28. The quantitative estimate of drug-likeness (QED) is 0.277. The first-order valence-electron chi connectivity index (χ1n) is 8.37. The minimum absolute atomic E-state index is 0. The lowest BCUT2D eigenvalue weighted by Gasteiger charge is -2.10. The predicted molar refractivity (Wildman–Crippen MR) is 121 cm³/mol. The van der Waals surface area contributed by atoms with Crippen LogP contribution in [0.3, 0.4) is 0 Å². The zero-order chi connectivity index (χ0) is 18.2. The van der Waals surface area contributed by atoms with Crippen molar-refractivity contribution in [2.24, 2.45) is 4.99 Å². The van der Waals surface area contributed by atoms with Gasteiger partial charge in [-0.05, 0) is 49.1 Å². The van der Waals surface area contributed by atoms with Gasteiger partial charge in [0, 0.05) is 28.6 Å². The fraction of sp³-hybridized carbons (Fsp3) is 0.278. The van der Waals surface area contributed by atoms with Crippen LogP contribution in [0.2, 0.25) is 5.02 Å². The van der Waals surface area contributed by atoms with Gasteiger partial charge < -0.3 is 15.2 Å². The summed E-state index contributed by atoms with van der Waals surface area (Å²) in [4.78, 5) is 10.2. The lowest BCUT2D eigenvalue weighted by molar-refractivity contribution is 0.380. The van der Waals surface area contributed by atoms with Gasteiger partial charge in [0.25, 0.3) is 0 Å². The van der Waals surface area contributed by atoms with E-state index in [0.717, 1.165) is 31.0 Å². The molecule has 0 radical (unpaired) electrons. The lowest BCUT2D eigenvalue weighted by Crippen LogP contribution is -2.38. The molecule has 6 nitrogen and oxygen atoms in total. The molecule has 1 aromatic carbocycles. The molecule has 0 spiro atoms. The summed E-state index contributed by atoms with van der Waals surface area (Å²) in [7, 11) is 0. The maximum atomic E-state index is 5.90. The van der Waals surface area contributed by atoms with E-state index in [1.165, 1.54) is 4.88 Å². The van der Waals surface area contributed by atoms with Crippen LogP contribution >= 0.6 is 46.9 Å². The Labute approximate surface area is 184 Å². The molecule has 0 aliphatic carbocycles. The van der Waals surface area contributed by atoms with E-state index >= 15 is 0 Å². The monoisotopic (exact) mass is 517 g/mol. The van der Waals surface area contributed by atoms with Crippen molar-refractivity contribution in [3.63, 3.8) is 0 Å². The van der Waals surface area contributed by atoms with E-state index in [0.29, 0.717) is 23.3 Å². The standard InChI is InChI=1S/C18H20ClN5OS.HI/c1-2-20-18(21-10-9-15-4-3-11-26-15)22-12-16-23-17(24-25-16)13-5-7-14(19)8-6-13;/h3-8,11H,2,9-10,12H2,1H3,(H2,20,21,22);1H. The van der Waals surface area contributed by atoms with Gasteiger partial charge in [-0.3, -0.25) is 0 Å². The first-order chi connectivity index (χ1) is 12.7. The van der Waals surface area contributed by atoms with Crippen LogP contribution in [-0.2, 0) is 13.0 Å². The number of guanidine groups is 1. The van der Waals surface area contributed by atoms with E-state index in [2.05, 4.69) is 43.3 Å². The minimum Gasteiger partial charge on any atom is -0.357 e. The molecule has 2 heterocycles. The third kappa shape index (κ3) is 6.78. The van der Waals surface area contributed by atoms with Crippen LogP contribution in [0.5, 0.6) is 0 Å². The van der Waals surface area contributed by atoms with Gasteiger partial charge in [-0.15, -0.1) is 35.3 Å². The highest BCUT2D eigenvalue weighted by atomic mass is 127. The number of aliphatic imine (C=N–C) groups is 1. The summed E-state index contributed by atoms with van der Waals surface area (Å²) in [5.74, 6) is 1.73. The van der Waals surface area contributed by atoms with Crippen molar-refractivity contribution in [1.29, 1.82) is 0 Å². The van der Waals surface area contributed by atoms with Gasteiger partial charge in [0.2, 0.25) is 11.7 Å². The van der Waals surface area contributed by atoms with Gasteiger partial charge in [-0.25, -0.2) is 4.99 Å². The van der Waals surface area contributed by atoms with Crippen LogP contribution in [0.4, 0.5) is 0 Å². The van der Waals surface area contributed by atoms with Crippen molar-refractivity contribution >= 4 is 52.9 Å². The van der Waals surface area contributed by atoms with E-state index < -0.39 is 0 Å². The molecule has 2 N–H and O–H groups in total. The van der Waals surface area contributed by atoms with Crippen molar-refractivity contribution in [2.75, 3.05) is 13.1 Å². The molecule has 0 aliphatic rings. The summed E-state index contributed by atoms with van der Waals surface area (Å²) in [5.41, 5.74) is 0.856. The Morgan fingerprint density at radius 1 is 1.22 bits per heavy atom. The van der Waals surface area contributed by atoms with Crippen molar-refractivity contribution in [3.8, 4) is 11.4 Å². The average Bonchev–Trinajstić information content (AvgIpc) is 3.32. The zero-order valence-corrected chi connectivity index (χ0v) is 18.7. The summed E-state index contributed by atoms with van der Waals surface area (Å²) < 4.78 is 5.29.